The van der Waals surface area contributed by atoms with Crippen LogP contribution in [0.4, 0.5) is 4.39 Å². The van der Waals surface area contributed by atoms with Gasteiger partial charge in [0.05, 0.1) is 0 Å². The summed E-state index contributed by atoms with van der Waals surface area (Å²) < 4.78 is 19.1. The van der Waals surface area contributed by atoms with E-state index in [9.17, 15) is 4.39 Å². The maximum Gasteiger partial charge on any atom is 0.140 e. The van der Waals surface area contributed by atoms with Gasteiger partial charge in [-0.3, -0.25) is 0 Å². The zero-order valence-corrected chi connectivity index (χ0v) is 11.8. The van der Waals surface area contributed by atoms with Gasteiger partial charge in [-0.1, -0.05) is 6.92 Å². The van der Waals surface area contributed by atoms with Crippen LogP contribution in [0.25, 0.3) is 0 Å². The van der Waals surface area contributed by atoms with Crippen LogP contribution in [-0.2, 0) is 6.61 Å². The van der Waals surface area contributed by atoms with Crippen LogP contribution in [0.2, 0.25) is 0 Å². The summed E-state index contributed by atoms with van der Waals surface area (Å²) in [5.41, 5.74) is 0.832. The number of nitrogens with one attached hydrogen (secondary N) is 1. The molecule has 0 amide bonds. The average molecular weight is 280 g/mol. The Morgan fingerprint density at radius 1 is 1.47 bits per heavy atom. The molecule has 1 heterocycles. The van der Waals surface area contributed by atoms with Crippen molar-refractivity contribution < 1.29 is 9.13 Å². The molecule has 1 atom stereocenters. The van der Waals surface area contributed by atoms with E-state index in [-0.39, 0.29) is 11.9 Å². The van der Waals surface area contributed by atoms with Crippen LogP contribution < -0.4 is 10.1 Å². The predicted octanol–water partition coefficient (Wildman–Crippen LogP) is 3.53. The first kappa shape index (κ1) is 14.0. The fraction of sp³-hybridized carbons (Fsp3) is 0.357. The van der Waals surface area contributed by atoms with Gasteiger partial charge in [0.15, 0.2) is 0 Å². The molecule has 2 aromatic rings. The molecule has 0 fully saturated rings. The Hall–Kier alpha value is -1.46. The van der Waals surface area contributed by atoms with Crippen LogP contribution in [-0.4, -0.2) is 11.5 Å². The normalized spacial score (nSPS) is 12.4. The van der Waals surface area contributed by atoms with Gasteiger partial charge in [0, 0.05) is 23.2 Å². The number of nitrogens with zero attached hydrogens (tertiary/aromatic N) is 1. The van der Waals surface area contributed by atoms with Crippen LogP contribution in [0.5, 0.6) is 5.75 Å². The Balaban J connectivity index is 2.14. The molecule has 1 aromatic carbocycles. The van der Waals surface area contributed by atoms with Crippen molar-refractivity contribution in [2.24, 2.45) is 0 Å². The number of halogens is 1. The second-order valence-corrected chi connectivity index (χ2v) is 5.16. The van der Waals surface area contributed by atoms with Crippen molar-refractivity contribution in [3.8, 4) is 5.75 Å². The highest BCUT2D eigenvalue weighted by atomic mass is 32.1. The van der Waals surface area contributed by atoms with E-state index in [2.05, 4.69) is 10.3 Å². The lowest BCUT2D eigenvalue weighted by Gasteiger charge is -2.17. The van der Waals surface area contributed by atoms with E-state index >= 15 is 0 Å². The highest BCUT2D eigenvalue weighted by Gasteiger charge is 2.12. The first-order valence-corrected chi connectivity index (χ1v) is 7.12. The highest BCUT2D eigenvalue weighted by molar-refractivity contribution is 7.09. The van der Waals surface area contributed by atoms with Crippen LogP contribution in [0.3, 0.4) is 0 Å². The van der Waals surface area contributed by atoms with Crippen LogP contribution in [0.1, 0.15) is 30.5 Å². The van der Waals surface area contributed by atoms with Gasteiger partial charge in [0.1, 0.15) is 23.2 Å². The minimum absolute atomic E-state index is 0.0481. The van der Waals surface area contributed by atoms with Gasteiger partial charge < -0.3 is 10.1 Å². The first-order chi connectivity index (χ1) is 9.20. The lowest BCUT2D eigenvalue weighted by Crippen LogP contribution is -2.18. The molecule has 0 radical (unpaired) electrons. The standard InChI is InChI=1S/C14H17FN2OS/c1-3-16-10(2)12-8-11(15)4-5-13(12)18-9-14-17-6-7-19-14/h4-8,10,16H,3,9H2,1-2H3. The lowest BCUT2D eigenvalue weighted by atomic mass is 10.1. The molecule has 0 spiro atoms. The van der Waals surface area contributed by atoms with E-state index in [0.29, 0.717) is 12.4 Å². The van der Waals surface area contributed by atoms with Gasteiger partial charge in [-0.2, -0.15) is 0 Å². The van der Waals surface area contributed by atoms with Crippen LogP contribution >= 0.6 is 11.3 Å². The van der Waals surface area contributed by atoms with E-state index in [1.54, 1.807) is 23.6 Å². The molecule has 2 rings (SSSR count). The Bertz CT molecular complexity index is 516. The van der Waals surface area contributed by atoms with Gasteiger partial charge in [-0.15, -0.1) is 11.3 Å². The fourth-order valence-electron chi connectivity index (χ4n) is 1.87. The van der Waals surface area contributed by atoms with Gasteiger partial charge in [-0.05, 0) is 31.7 Å². The number of ether oxygens (including phenoxy) is 1. The largest absolute Gasteiger partial charge is 0.486 e. The summed E-state index contributed by atoms with van der Waals surface area (Å²) in [5, 5.41) is 6.08. The van der Waals surface area contributed by atoms with Crippen LogP contribution in [0.15, 0.2) is 29.8 Å². The maximum atomic E-state index is 13.4. The molecule has 5 heteroatoms. The Labute approximate surface area is 116 Å². The smallest absolute Gasteiger partial charge is 0.140 e. The minimum Gasteiger partial charge on any atom is -0.486 e. The van der Waals surface area contributed by atoms with Gasteiger partial charge in [0.2, 0.25) is 0 Å². The van der Waals surface area contributed by atoms with Crippen LogP contribution in [0, 0.1) is 5.82 Å². The molecule has 0 saturated carbocycles. The van der Waals surface area contributed by atoms with Crippen molar-refractivity contribution in [3.63, 3.8) is 0 Å². The van der Waals surface area contributed by atoms with Crippen molar-refractivity contribution in [1.82, 2.24) is 10.3 Å². The number of hydrogen-bond donors (Lipinski definition) is 1. The van der Waals surface area contributed by atoms with Gasteiger partial charge >= 0.3 is 0 Å². The quantitative estimate of drug-likeness (QED) is 0.879. The lowest BCUT2D eigenvalue weighted by molar-refractivity contribution is 0.298. The summed E-state index contributed by atoms with van der Waals surface area (Å²) in [6, 6.07) is 4.66. The number of hydrogen-bond acceptors (Lipinski definition) is 4. The highest BCUT2D eigenvalue weighted by Crippen LogP contribution is 2.27. The van der Waals surface area contributed by atoms with Crippen molar-refractivity contribution >= 4 is 11.3 Å². The average Bonchev–Trinajstić information content (AvgIpc) is 2.90. The van der Waals surface area contributed by atoms with Crippen molar-refractivity contribution in [3.05, 3.63) is 46.2 Å². The second-order valence-electron chi connectivity index (χ2n) is 4.18. The monoisotopic (exact) mass is 280 g/mol. The van der Waals surface area contributed by atoms with Crippen molar-refractivity contribution in [2.75, 3.05) is 6.54 Å². The zero-order valence-electron chi connectivity index (χ0n) is 11.0. The molecular formula is C14H17FN2OS. The molecule has 0 aliphatic heterocycles. The van der Waals surface area contributed by atoms with E-state index in [0.717, 1.165) is 17.1 Å². The summed E-state index contributed by atoms with van der Waals surface area (Å²) in [6.07, 6.45) is 1.75. The third-order valence-corrected chi connectivity index (χ3v) is 3.54. The SMILES string of the molecule is CCNC(C)c1cc(F)ccc1OCc1nccs1. The number of aromatic nitrogens is 1. The molecule has 1 aromatic heterocycles. The third kappa shape index (κ3) is 3.75. The molecule has 1 N–H and O–H groups in total. The third-order valence-electron chi connectivity index (χ3n) is 2.78. The molecule has 0 saturated heterocycles. The number of thiazole rings is 1. The van der Waals surface area contributed by atoms with Gasteiger partial charge in [-0.25, -0.2) is 9.37 Å². The molecule has 1 unspecified atom stereocenters. The predicted molar refractivity (Wildman–Crippen MR) is 74.9 cm³/mol. The van der Waals surface area contributed by atoms with Crippen molar-refractivity contribution in [1.29, 1.82) is 0 Å². The summed E-state index contributed by atoms with van der Waals surface area (Å²) in [7, 11) is 0. The Kier molecular flexibility index (Phi) is 4.87. The Morgan fingerprint density at radius 3 is 3.00 bits per heavy atom. The summed E-state index contributed by atoms with van der Waals surface area (Å²) in [5.74, 6) is 0.450. The van der Waals surface area contributed by atoms with Crippen molar-refractivity contribution in [2.45, 2.75) is 26.5 Å². The first-order valence-electron chi connectivity index (χ1n) is 6.24. The van der Waals surface area contributed by atoms with E-state index in [1.165, 1.54) is 12.1 Å². The Morgan fingerprint density at radius 2 is 2.32 bits per heavy atom. The minimum atomic E-state index is -0.249. The molecule has 3 nitrogen and oxygen atoms in total. The fourth-order valence-corrected chi connectivity index (χ4v) is 2.40. The summed E-state index contributed by atoms with van der Waals surface area (Å²) >= 11 is 1.54. The molecule has 102 valence electrons. The molecule has 19 heavy (non-hydrogen) atoms. The summed E-state index contributed by atoms with van der Waals surface area (Å²) in [6.45, 7) is 5.25. The topological polar surface area (TPSA) is 34.1 Å². The number of rotatable bonds is 6. The zero-order chi connectivity index (χ0) is 13.7. The second kappa shape index (κ2) is 6.63. The van der Waals surface area contributed by atoms with E-state index < -0.39 is 0 Å². The number of benzene rings is 1. The molecule has 0 aliphatic carbocycles. The summed E-state index contributed by atoms with van der Waals surface area (Å²) in [4.78, 5) is 4.16. The van der Waals surface area contributed by atoms with Gasteiger partial charge in [0.25, 0.3) is 0 Å². The molecular weight excluding hydrogens is 263 g/mol. The van der Waals surface area contributed by atoms with E-state index in [4.69, 9.17) is 4.74 Å². The maximum absolute atomic E-state index is 13.4. The molecule has 0 bridgehead atoms. The molecule has 0 aliphatic rings. The van der Waals surface area contributed by atoms with E-state index in [1.807, 2.05) is 19.2 Å².